The highest BCUT2D eigenvalue weighted by molar-refractivity contribution is 7.12. The topological polar surface area (TPSA) is 78.8 Å². The van der Waals surface area contributed by atoms with Crippen molar-refractivity contribution in [2.75, 3.05) is 0 Å². The summed E-state index contributed by atoms with van der Waals surface area (Å²) in [6.07, 6.45) is 1.46. The maximum Gasteiger partial charge on any atom is 0.335 e. The molecule has 1 aromatic carbocycles. The molecular formula is C13H10N2O3S. The molecule has 1 heterocycles. The number of rotatable bonds is 4. The lowest BCUT2D eigenvalue weighted by atomic mass is 10.1. The van der Waals surface area contributed by atoms with Gasteiger partial charge in [0.05, 0.1) is 16.7 Å². The van der Waals surface area contributed by atoms with Crippen LogP contribution in [0.5, 0.6) is 0 Å². The number of carbonyl (C=O) groups is 2. The minimum atomic E-state index is -0.977. The highest BCUT2D eigenvalue weighted by Gasteiger charge is 2.04. The van der Waals surface area contributed by atoms with Crippen molar-refractivity contribution in [3.8, 4) is 0 Å². The average molecular weight is 274 g/mol. The molecule has 0 atom stereocenters. The largest absolute Gasteiger partial charge is 0.478 e. The maximum absolute atomic E-state index is 11.5. The quantitative estimate of drug-likeness (QED) is 0.662. The third-order valence-electron chi connectivity index (χ3n) is 2.28. The van der Waals surface area contributed by atoms with Crippen LogP contribution in [0.4, 0.5) is 0 Å². The van der Waals surface area contributed by atoms with Crippen molar-refractivity contribution in [1.29, 1.82) is 0 Å². The van der Waals surface area contributed by atoms with E-state index in [1.165, 1.54) is 29.7 Å². The number of amides is 1. The first kappa shape index (κ1) is 13.0. The van der Waals surface area contributed by atoms with Gasteiger partial charge in [0.15, 0.2) is 0 Å². The molecule has 0 radical (unpaired) electrons. The van der Waals surface area contributed by atoms with E-state index < -0.39 is 5.97 Å². The molecule has 0 saturated heterocycles. The maximum atomic E-state index is 11.5. The molecule has 2 rings (SSSR count). The number of hydrogen-bond acceptors (Lipinski definition) is 4. The van der Waals surface area contributed by atoms with Gasteiger partial charge in [-0.25, -0.2) is 10.2 Å². The van der Waals surface area contributed by atoms with E-state index in [4.69, 9.17) is 5.11 Å². The zero-order valence-electron chi connectivity index (χ0n) is 9.74. The van der Waals surface area contributed by atoms with Crippen LogP contribution in [0.15, 0.2) is 46.9 Å². The van der Waals surface area contributed by atoms with E-state index in [1.54, 1.807) is 24.3 Å². The summed E-state index contributed by atoms with van der Waals surface area (Å²) in [6.45, 7) is 0. The molecule has 1 aromatic heterocycles. The van der Waals surface area contributed by atoms with E-state index in [0.717, 1.165) is 0 Å². The standard InChI is InChI=1S/C13H10N2O3S/c16-12(11-2-1-7-19-11)15-14-8-9-3-5-10(6-4-9)13(17)18/h1-8H,(H,15,16)(H,17,18)/b14-8+. The number of hydrazone groups is 1. The summed E-state index contributed by atoms with van der Waals surface area (Å²) in [4.78, 5) is 22.8. The second kappa shape index (κ2) is 5.92. The molecule has 5 nitrogen and oxygen atoms in total. The van der Waals surface area contributed by atoms with Gasteiger partial charge in [-0.3, -0.25) is 4.79 Å². The molecule has 19 heavy (non-hydrogen) atoms. The summed E-state index contributed by atoms with van der Waals surface area (Å²) in [7, 11) is 0. The van der Waals surface area contributed by atoms with Crippen molar-refractivity contribution in [2.24, 2.45) is 5.10 Å². The van der Waals surface area contributed by atoms with Gasteiger partial charge in [0.25, 0.3) is 5.91 Å². The number of nitrogens with zero attached hydrogens (tertiary/aromatic N) is 1. The Balaban J connectivity index is 1.95. The van der Waals surface area contributed by atoms with E-state index in [9.17, 15) is 9.59 Å². The molecule has 0 aliphatic carbocycles. The fourth-order valence-electron chi connectivity index (χ4n) is 1.34. The van der Waals surface area contributed by atoms with E-state index >= 15 is 0 Å². The van der Waals surface area contributed by atoms with Crippen LogP contribution in [0, 0.1) is 0 Å². The van der Waals surface area contributed by atoms with Crippen molar-refractivity contribution in [3.05, 3.63) is 57.8 Å². The van der Waals surface area contributed by atoms with Crippen LogP contribution in [0.1, 0.15) is 25.6 Å². The third-order valence-corrected chi connectivity index (χ3v) is 3.15. The molecule has 0 unspecified atom stereocenters. The van der Waals surface area contributed by atoms with Crippen LogP contribution >= 0.6 is 11.3 Å². The predicted octanol–water partition coefficient (Wildman–Crippen LogP) is 2.21. The van der Waals surface area contributed by atoms with E-state index in [1.807, 2.05) is 5.38 Å². The Morgan fingerprint density at radius 3 is 2.53 bits per heavy atom. The first-order chi connectivity index (χ1) is 9.16. The zero-order valence-corrected chi connectivity index (χ0v) is 10.6. The molecular weight excluding hydrogens is 264 g/mol. The molecule has 1 amide bonds. The van der Waals surface area contributed by atoms with Crippen LogP contribution in [-0.4, -0.2) is 23.2 Å². The lowest BCUT2D eigenvalue weighted by Gasteiger charge is -1.97. The minimum Gasteiger partial charge on any atom is -0.478 e. The lowest BCUT2D eigenvalue weighted by Crippen LogP contribution is -2.16. The Hall–Kier alpha value is -2.47. The monoisotopic (exact) mass is 274 g/mol. The van der Waals surface area contributed by atoms with Crippen molar-refractivity contribution in [1.82, 2.24) is 5.43 Å². The van der Waals surface area contributed by atoms with Crippen LogP contribution < -0.4 is 5.43 Å². The Morgan fingerprint density at radius 2 is 1.95 bits per heavy atom. The number of carbonyl (C=O) groups excluding carboxylic acids is 1. The second-order valence-electron chi connectivity index (χ2n) is 3.60. The van der Waals surface area contributed by atoms with E-state index in [2.05, 4.69) is 10.5 Å². The number of carboxylic acids is 1. The average Bonchev–Trinajstić information content (AvgIpc) is 2.93. The minimum absolute atomic E-state index is 0.208. The fourth-order valence-corrected chi connectivity index (χ4v) is 1.95. The molecule has 0 aliphatic heterocycles. The van der Waals surface area contributed by atoms with Crippen LogP contribution in [0.25, 0.3) is 0 Å². The first-order valence-corrected chi connectivity index (χ1v) is 6.25. The number of nitrogens with one attached hydrogen (secondary N) is 1. The Kier molecular flexibility index (Phi) is 4.04. The van der Waals surface area contributed by atoms with Crippen molar-refractivity contribution < 1.29 is 14.7 Å². The summed E-state index contributed by atoms with van der Waals surface area (Å²) in [5.41, 5.74) is 3.31. The van der Waals surface area contributed by atoms with Gasteiger partial charge in [-0.15, -0.1) is 11.3 Å². The number of thiophene rings is 1. The van der Waals surface area contributed by atoms with Gasteiger partial charge in [-0.1, -0.05) is 18.2 Å². The summed E-state index contributed by atoms with van der Waals surface area (Å²) in [6, 6.07) is 9.68. The summed E-state index contributed by atoms with van der Waals surface area (Å²) in [5, 5.41) is 14.4. The van der Waals surface area contributed by atoms with Crippen molar-refractivity contribution >= 4 is 29.4 Å². The normalized spacial score (nSPS) is 10.5. The number of carboxylic acid groups (broad SMARTS) is 1. The van der Waals surface area contributed by atoms with Crippen LogP contribution in [-0.2, 0) is 0 Å². The van der Waals surface area contributed by atoms with Crippen molar-refractivity contribution in [3.63, 3.8) is 0 Å². The van der Waals surface area contributed by atoms with Crippen LogP contribution in [0.2, 0.25) is 0 Å². The van der Waals surface area contributed by atoms with Gasteiger partial charge in [0.2, 0.25) is 0 Å². The number of aromatic carboxylic acids is 1. The lowest BCUT2D eigenvalue weighted by molar-refractivity contribution is 0.0696. The van der Waals surface area contributed by atoms with Crippen LogP contribution in [0.3, 0.4) is 0 Å². The van der Waals surface area contributed by atoms with Gasteiger partial charge in [-0.05, 0) is 29.1 Å². The van der Waals surface area contributed by atoms with Gasteiger partial charge in [0.1, 0.15) is 0 Å². The summed E-state index contributed by atoms with van der Waals surface area (Å²) < 4.78 is 0. The highest BCUT2D eigenvalue weighted by Crippen LogP contribution is 2.07. The Morgan fingerprint density at radius 1 is 1.21 bits per heavy atom. The van der Waals surface area contributed by atoms with E-state index in [-0.39, 0.29) is 11.5 Å². The summed E-state index contributed by atoms with van der Waals surface area (Å²) >= 11 is 1.33. The van der Waals surface area contributed by atoms with Gasteiger partial charge in [0, 0.05) is 0 Å². The smallest absolute Gasteiger partial charge is 0.335 e. The molecule has 96 valence electrons. The Labute approximate surface area is 113 Å². The second-order valence-corrected chi connectivity index (χ2v) is 4.55. The molecule has 2 N–H and O–H groups in total. The first-order valence-electron chi connectivity index (χ1n) is 5.37. The molecule has 2 aromatic rings. The van der Waals surface area contributed by atoms with Crippen molar-refractivity contribution in [2.45, 2.75) is 0 Å². The molecule has 0 bridgehead atoms. The molecule has 0 aliphatic rings. The molecule has 0 fully saturated rings. The highest BCUT2D eigenvalue weighted by atomic mass is 32.1. The predicted molar refractivity (Wildman–Crippen MR) is 72.8 cm³/mol. The summed E-state index contributed by atoms with van der Waals surface area (Å²) in [5.74, 6) is -1.25. The SMILES string of the molecule is O=C(O)c1ccc(/C=N/NC(=O)c2cccs2)cc1. The van der Waals surface area contributed by atoms with Gasteiger partial charge >= 0.3 is 5.97 Å². The van der Waals surface area contributed by atoms with Gasteiger partial charge in [-0.2, -0.15) is 5.10 Å². The van der Waals surface area contributed by atoms with Gasteiger partial charge < -0.3 is 5.11 Å². The number of benzene rings is 1. The van der Waals surface area contributed by atoms with E-state index in [0.29, 0.717) is 10.4 Å². The third kappa shape index (κ3) is 3.49. The fraction of sp³-hybridized carbons (Fsp3) is 0. The Bertz CT molecular complexity index is 603. The molecule has 6 heteroatoms. The number of hydrogen-bond donors (Lipinski definition) is 2. The zero-order chi connectivity index (χ0) is 13.7. The molecule has 0 spiro atoms. The molecule has 0 saturated carbocycles.